The van der Waals surface area contributed by atoms with E-state index in [9.17, 15) is 18.0 Å². The zero-order valence-corrected chi connectivity index (χ0v) is 16.6. The van der Waals surface area contributed by atoms with Gasteiger partial charge in [-0.2, -0.15) is 13.2 Å². The summed E-state index contributed by atoms with van der Waals surface area (Å²) in [4.78, 5) is 13.2. The molecule has 0 radical (unpaired) electrons. The van der Waals surface area contributed by atoms with Crippen LogP contribution in [0.3, 0.4) is 0 Å². The fraction of sp³-hybridized carbons (Fsp3) is 0.348. The standard InChI is InChI=1S/C23H24F3NO2/c1-14(2)29-22-17(10-7-11-18(22)23(24,25)26)20-19(27-3)13-16(21(20)28)12-15-8-5-4-6-9-15/h4-11,14,16,27H,12-13H2,1-3H3. The van der Waals surface area contributed by atoms with Crippen molar-refractivity contribution in [2.24, 2.45) is 5.92 Å². The van der Waals surface area contributed by atoms with Gasteiger partial charge in [-0.3, -0.25) is 4.79 Å². The van der Waals surface area contributed by atoms with Crippen LogP contribution >= 0.6 is 0 Å². The molecule has 0 heterocycles. The zero-order chi connectivity index (χ0) is 21.2. The molecule has 0 saturated heterocycles. The van der Waals surface area contributed by atoms with E-state index in [2.05, 4.69) is 5.32 Å². The number of halogens is 3. The van der Waals surface area contributed by atoms with Crippen molar-refractivity contribution < 1.29 is 22.7 Å². The zero-order valence-electron chi connectivity index (χ0n) is 16.6. The maximum atomic E-state index is 13.6. The van der Waals surface area contributed by atoms with Crippen LogP contribution in [0.5, 0.6) is 5.75 Å². The van der Waals surface area contributed by atoms with Gasteiger partial charge in [0.1, 0.15) is 5.75 Å². The Labute approximate surface area is 168 Å². The molecule has 0 fully saturated rings. The SMILES string of the molecule is CNC1=C(c2cccc(C(F)(F)F)c2OC(C)C)C(=O)C(Cc2ccccc2)C1. The van der Waals surface area contributed by atoms with Crippen molar-refractivity contribution in [2.45, 2.75) is 39.0 Å². The number of carbonyl (C=O) groups excluding carboxylic acids is 1. The van der Waals surface area contributed by atoms with E-state index < -0.39 is 17.8 Å². The van der Waals surface area contributed by atoms with Gasteiger partial charge in [-0.05, 0) is 38.3 Å². The van der Waals surface area contributed by atoms with E-state index in [-0.39, 0.29) is 28.6 Å². The molecule has 1 N–H and O–H groups in total. The summed E-state index contributed by atoms with van der Waals surface area (Å²) in [7, 11) is 1.68. The third kappa shape index (κ3) is 4.47. The predicted molar refractivity (Wildman–Crippen MR) is 106 cm³/mol. The summed E-state index contributed by atoms with van der Waals surface area (Å²) in [5.41, 5.74) is 1.27. The summed E-state index contributed by atoms with van der Waals surface area (Å²) >= 11 is 0. The van der Waals surface area contributed by atoms with Gasteiger partial charge >= 0.3 is 6.18 Å². The van der Waals surface area contributed by atoms with Crippen molar-refractivity contribution in [1.29, 1.82) is 0 Å². The largest absolute Gasteiger partial charge is 0.490 e. The molecule has 0 saturated carbocycles. The monoisotopic (exact) mass is 403 g/mol. The van der Waals surface area contributed by atoms with Crippen LogP contribution in [0.25, 0.3) is 5.57 Å². The molecule has 29 heavy (non-hydrogen) atoms. The molecule has 3 nitrogen and oxygen atoms in total. The second-order valence-corrected chi connectivity index (χ2v) is 7.41. The number of allylic oxidation sites excluding steroid dienone is 2. The normalized spacial score (nSPS) is 17.2. The highest BCUT2D eigenvalue weighted by molar-refractivity contribution is 6.25. The molecule has 0 amide bonds. The maximum Gasteiger partial charge on any atom is 0.419 e. The van der Waals surface area contributed by atoms with Gasteiger partial charge in [-0.25, -0.2) is 0 Å². The first kappa shape index (κ1) is 21.0. The number of hydrogen-bond acceptors (Lipinski definition) is 3. The molecule has 1 aliphatic carbocycles. The van der Waals surface area contributed by atoms with Gasteiger partial charge in [0.05, 0.1) is 11.7 Å². The Morgan fingerprint density at radius 2 is 1.79 bits per heavy atom. The second kappa shape index (κ2) is 8.31. The summed E-state index contributed by atoms with van der Waals surface area (Å²) in [5, 5.41) is 3.02. The maximum absolute atomic E-state index is 13.6. The average Bonchev–Trinajstić information content (AvgIpc) is 2.97. The molecule has 1 aliphatic rings. The Kier molecular flexibility index (Phi) is 6.01. The molecule has 0 spiro atoms. The van der Waals surface area contributed by atoms with Crippen LogP contribution in [-0.2, 0) is 17.4 Å². The summed E-state index contributed by atoms with van der Waals surface area (Å²) in [6.07, 6.45) is -4.05. The quantitative estimate of drug-likeness (QED) is 0.716. The van der Waals surface area contributed by atoms with Gasteiger partial charge < -0.3 is 10.1 Å². The molecule has 154 valence electrons. The van der Waals surface area contributed by atoms with Crippen LogP contribution in [0.1, 0.15) is 37.0 Å². The lowest BCUT2D eigenvalue weighted by Crippen LogP contribution is -2.17. The number of ketones is 1. The third-order valence-electron chi connectivity index (χ3n) is 4.94. The first-order valence-electron chi connectivity index (χ1n) is 9.58. The highest BCUT2D eigenvalue weighted by Gasteiger charge is 2.40. The van der Waals surface area contributed by atoms with E-state index >= 15 is 0 Å². The van der Waals surface area contributed by atoms with Crippen molar-refractivity contribution in [3.63, 3.8) is 0 Å². The number of ether oxygens (including phenoxy) is 1. The van der Waals surface area contributed by atoms with Crippen molar-refractivity contribution in [3.05, 3.63) is 70.9 Å². The number of Topliss-reactive ketones (excluding diaryl/α,β-unsaturated/α-hetero) is 1. The first-order chi connectivity index (χ1) is 13.7. The lowest BCUT2D eigenvalue weighted by atomic mass is 9.92. The number of carbonyl (C=O) groups is 1. The van der Waals surface area contributed by atoms with Gasteiger partial charge in [0.2, 0.25) is 0 Å². The molecule has 0 aromatic heterocycles. The number of alkyl halides is 3. The minimum Gasteiger partial charge on any atom is -0.490 e. The molecule has 2 aromatic rings. The Morgan fingerprint density at radius 3 is 2.38 bits per heavy atom. The third-order valence-corrected chi connectivity index (χ3v) is 4.94. The van der Waals surface area contributed by atoms with Crippen LogP contribution in [0.15, 0.2) is 54.2 Å². The number of benzene rings is 2. The Morgan fingerprint density at radius 1 is 1.10 bits per heavy atom. The first-order valence-corrected chi connectivity index (χ1v) is 9.58. The number of rotatable bonds is 6. The smallest absolute Gasteiger partial charge is 0.419 e. The second-order valence-electron chi connectivity index (χ2n) is 7.41. The van der Waals surface area contributed by atoms with Gasteiger partial charge in [0, 0.05) is 29.8 Å². The molecule has 0 aliphatic heterocycles. The molecule has 2 aromatic carbocycles. The van der Waals surface area contributed by atoms with Crippen LogP contribution in [0.4, 0.5) is 13.2 Å². The van der Waals surface area contributed by atoms with E-state index in [0.717, 1.165) is 11.6 Å². The van der Waals surface area contributed by atoms with Crippen LogP contribution < -0.4 is 10.1 Å². The lowest BCUT2D eigenvalue weighted by molar-refractivity contribution is -0.139. The fourth-order valence-electron chi connectivity index (χ4n) is 3.70. The molecular formula is C23H24F3NO2. The Bertz CT molecular complexity index is 917. The topological polar surface area (TPSA) is 38.3 Å². The van der Waals surface area contributed by atoms with Crippen LogP contribution in [-0.4, -0.2) is 18.9 Å². The summed E-state index contributed by atoms with van der Waals surface area (Å²) in [6, 6.07) is 13.4. The summed E-state index contributed by atoms with van der Waals surface area (Å²) in [6.45, 7) is 3.33. The van der Waals surface area contributed by atoms with Crippen molar-refractivity contribution in [3.8, 4) is 5.75 Å². The van der Waals surface area contributed by atoms with Crippen molar-refractivity contribution in [2.75, 3.05) is 7.05 Å². The van der Waals surface area contributed by atoms with Gasteiger partial charge in [-0.1, -0.05) is 42.5 Å². The number of hydrogen-bond donors (Lipinski definition) is 1. The van der Waals surface area contributed by atoms with Gasteiger partial charge in [0.25, 0.3) is 0 Å². The lowest BCUT2D eigenvalue weighted by Gasteiger charge is -2.20. The summed E-state index contributed by atoms with van der Waals surface area (Å²) in [5.74, 6) is -0.770. The number of nitrogens with one attached hydrogen (secondary N) is 1. The molecular weight excluding hydrogens is 379 g/mol. The molecule has 6 heteroatoms. The highest BCUT2D eigenvalue weighted by atomic mass is 19.4. The average molecular weight is 403 g/mol. The Balaban J connectivity index is 2.05. The fourth-order valence-corrected chi connectivity index (χ4v) is 3.70. The highest BCUT2D eigenvalue weighted by Crippen LogP contribution is 2.44. The molecule has 0 bridgehead atoms. The van der Waals surface area contributed by atoms with Gasteiger partial charge in [0.15, 0.2) is 5.78 Å². The van der Waals surface area contributed by atoms with E-state index in [1.54, 1.807) is 20.9 Å². The minimum atomic E-state index is -4.58. The van der Waals surface area contributed by atoms with E-state index in [0.29, 0.717) is 18.5 Å². The minimum absolute atomic E-state index is 0.161. The molecule has 3 rings (SSSR count). The van der Waals surface area contributed by atoms with Crippen LogP contribution in [0.2, 0.25) is 0 Å². The predicted octanol–water partition coefficient (Wildman–Crippen LogP) is 5.25. The van der Waals surface area contributed by atoms with Crippen molar-refractivity contribution >= 4 is 11.4 Å². The molecule has 1 atom stereocenters. The molecule has 1 unspecified atom stereocenters. The van der Waals surface area contributed by atoms with E-state index in [1.165, 1.54) is 12.1 Å². The Hall–Kier alpha value is -2.76. The number of para-hydroxylation sites is 1. The van der Waals surface area contributed by atoms with Crippen molar-refractivity contribution in [1.82, 2.24) is 5.32 Å². The van der Waals surface area contributed by atoms with E-state index in [4.69, 9.17) is 4.74 Å². The van der Waals surface area contributed by atoms with Gasteiger partial charge in [-0.15, -0.1) is 0 Å². The summed E-state index contributed by atoms with van der Waals surface area (Å²) < 4.78 is 46.4. The van der Waals surface area contributed by atoms with E-state index in [1.807, 2.05) is 30.3 Å². The van der Waals surface area contributed by atoms with Crippen LogP contribution in [0, 0.1) is 5.92 Å².